The summed E-state index contributed by atoms with van der Waals surface area (Å²) in [4.78, 5) is 11.5. The summed E-state index contributed by atoms with van der Waals surface area (Å²) in [5, 5.41) is 1.48. The molecule has 4 aromatic carbocycles. The van der Waals surface area contributed by atoms with Crippen LogP contribution < -0.4 is 20.4 Å². The van der Waals surface area contributed by atoms with E-state index >= 15 is 0 Å². The first-order valence-corrected chi connectivity index (χ1v) is 18.3. The number of hydrogen-bond acceptors (Lipinski definition) is 3. The molecular weight excluding hydrogens is 586 g/mol. The molecular formula is C33H39BrO3P2. The topological polar surface area (TPSA) is 35.5 Å². The van der Waals surface area contributed by atoms with E-state index in [2.05, 4.69) is 135 Å². The van der Waals surface area contributed by atoms with Gasteiger partial charge in [-0.15, -0.1) is 0 Å². The molecule has 0 fully saturated rings. The van der Waals surface area contributed by atoms with Crippen LogP contribution in [0.5, 0.6) is 5.75 Å². The van der Waals surface area contributed by atoms with E-state index < -0.39 is 5.31 Å². The second-order valence-electron chi connectivity index (χ2n) is 9.96. The molecule has 0 saturated heterocycles. The van der Waals surface area contributed by atoms with Crippen molar-refractivity contribution in [2.75, 3.05) is 13.3 Å². The van der Waals surface area contributed by atoms with Gasteiger partial charge >= 0.3 is 140 Å². The zero-order chi connectivity index (χ0) is 28.5. The number of aryl methyl sites for hydroxylation is 2. The molecule has 4 aromatic rings. The summed E-state index contributed by atoms with van der Waals surface area (Å²) < 4.78 is 10.3. The number of hydrogen-bond donors (Lipinski definition) is 0. The molecule has 39 heavy (non-hydrogen) atoms. The van der Waals surface area contributed by atoms with Gasteiger partial charge in [-0.3, -0.25) is 4.79 Å². The van der Waals surface area contributed by atoms with Crippen LogP contribution in [-0.4, -0.2) is 19.2 Å². The number of ether oxygens (including phenoxy) is 1. The van der Waals surface area contributed by atoms with Gasteiger partial charge in [-0.1, -0.05) is 24.6 Å². The van der Waals surface area contributed by atoms with Gasteiger partial charge in [-0.25, -0.2) is 0 Å². The van der Waals surface area contributed by atoms with Crippen LogP contribution in [0.4, 0.5) is 0 Å². The molecule has 4 rings (SSSR count). The van der Waals surface area contributed by atoms with Gasteiger partial charge in [-0.05, 0) is 37.8 Å². The van der Waals surface area contributed by atoms with Crippen molar-refractivity contribution in [2.45, 2.75) is 40.0 Å². The minimum absolute atomic E-state index is 0.0817. The molecule has 206 valence electrons. The Hall–Kier alpha value is -2.51. The van der Waals surface area contributed by atoms with Crippen LogP contribution in [0.1, 0.15) is 42.9 Å². The third-order valence-corrected chi connectivity index (χ3v) is 15.5. The zero-order valence-corrected chi connectivity index (χ0v) is 27.1. The molecule has 0 heterocycles. The molecule has 3 nitrogen and oxygen atoms in total. The van der Waals surface area contributed by atoms with Crippen molar-refractivity contribution in [3.05, 3.63) is 120 Å². The Morgan fingerprint density at radius 3 is 1.67 bits per heavy atom. The number of rotatable bonds is 8. The van der Waals surface area contributed by atoms with E-state index in [0.717, 1.165) is 16.9 Å². The summed E-state index contributed by atoms with van der Waals surface area (Å²) in [5.41, 5.74) is 3.30. The molecule has 0 aliphatic heterocycles. The Kier molecular flexibility index (Phi) is 10.9. The number of carbonyl (C=O) groups is 1. The molecule has 0 aromatic heterocycles. The molecule has 0 aliphatic rings. The summed E-state index contributed by atoms with van der Waals surface area (Å²) in [6.07, 6.45) is 0.373. The average molecular weight is 626 g/mol. The van der Waals surface area contributed by atoms with Gasteiger partial charge < -0.3 is 9.26 Å². The van der Waals surface area contributed by atoms with Gasteiger partial charge in [0.25, 0.3) is 0 Å². The number of carbonyl (C=O) groups excluding carboxylic acids is 1. The molecule has 0 saturated carbocycles. The Balaban J connectivity index is 0.000000219. The van der Waals surface area contributed by atoms with Gasteiger partial charge in [0.05, 0.1) is 22.5 Å². The van der Waals surface area contributed by atoms with Gasteiger partial charge in [-0.2, -0.15) is 0 Å². The van der Waals surface area contributed by atoms with Crippen LogP contribution in [0.2, 0.25) is 0 Å². The van der Waals surface area contributed by atoms with Crippen LogP contribution >= 0.6 is 30.3 Å². The number of benzene rings is 4. The van der Waals surface area contributed by atoms with E-state index in [-0.39, 0.29) is 11.9 Å². The molecule has 2 atom stereocenters. The van der Waals surface area contributed by atoms with Crippen LogP contribution in [-0.2, 0) is 9.53 Å². The second kappa shape index (κ2) is 13.7. The van der Waals surface area contributed by atoms with Crippen LogP contribution in [0.25, 0.3) is 0 Å². The monoisotopic (exact) mass is 624 g/mol. The van der Waals surface area contributed by atoms with Gasteiger partial charge in [0.2, 0.25) is 0 Å². The summed E-state index contributed by atoms with van der Waals surface area (Å²) in [6, 6.07) is 36.4. The van der Waals surface area contributed by atoms with Gasteiger partial charge in [0.15, 0.2) is 0 Å². The first-order chi connectivity index (χ1) is 18.6. The maximum absolute atomic E-state index is 11.5. The number of esters is 1. The molecule has 0 amide bonds. The van der Waals surface area contributed by atoms with Gasteiger partial charge in [0.1, 0.15) is 5.75 Å². The van der Waals surface area contributed by atoms with E-state index in [0.29, 0.717) is 13.0 Å². The zero-order valence-electron chi connectivity index (χ0n) is 23.4. The van der Waals surface area contributed by atoms with E-state index in [1.807, 2.05) is 27.7 Å². The predicted octanol–water partition coefficient (Wildman–Crippen LogP) is 7.98. The number of halogens is 1. The summed E-state index contributed by atoms with van der Waals surface area (Å²) in [5.74, 6) is 0.750. The SMILES string of the molecule is CCOC(=O)CC(C)c1cc(C)cc(C)c1OP.CP(Br)(c1ccccc1)(c1ccccc1)c1ccccc1. The van der Waals surface area contributed by atoms with Crippen molar-refractivity contribution in [2.24, 2.45) is 0 Å². The fraction of sp³-hybridized carbons (Fsp3) is 0.242. The molecule has 0 aliphatic carbocycles. The normalized spacial score (nSPS) is 12.7. The molecule has 0 bridgehead atoms. The van der Waals surface area contributed by atoms with Crippen LogP contribution in [0, 0.1) is 13.8 Å². The molecule has 0 N–H and O–H groups in total. The van der Waals surface area contributed by atoms with E-state index in [9.17, 15) is 4.79 Å². The van der Waals surface area contributed by atoms with Gasteiger partial charge in [0, 0.05) is 0 Å². The van der Waals surface area contributed by atoms with Crippen molar-refractivity contribution in [3.8, 4) is 5.75 Å². The Bertz CT molecular complexity index is 1260. The molecule has 0 radical (unpaired) electrons. The quantitative estimate of drug-likeness (QED) is 0.147. The van der Waals surface area contributed by atoms with Crippen LogP contribution in [0.15, 0.2) is 103 Å². The Morgan fingerprint density at radius 2 is 1.28 bits per heavy atom. The van der Waals surface area contributed by atoms with Crippen molar-refractivity contribution in [1.82, 2.24) is 0 Å². The van der Waals surface area contributed by atoms with Crippen molar-refractivity contribution in [1.29, 1.82) is 0 Å². The Labute approximate surface area is 244 Å². The van der Waals surface area contributed by atoms with Crippen molar-refractivity contribution >= 4 is 52.1 Å². The van der Waals surface area contributed by atoms with Crippen molar-refractivity contribution < 1.29 is 14.1 Å². The van der Waals surface area contributed by atoms with Crippen molar-refractivity contribution in [3.63, 3.8) is 0 Å². The third kappa shape index (κ3) is 7.17. The predicted molar refractivity (Wildman–Crippen MR) is 176 cm³/mol. The molecule has 0 spiro atoms. The first-order valence-electron chi connectivity index (χ1n) is 13.1. The average Bonchev–Trinajstić information content (AvgIpc) is 2.95. The maximum atomic E-state index is 11.5. The van der Waals surface area contributed by atoms with Crippen LogP contribution in [0.3, 0.4) is 0 Å². The summed E-state index contributed by atoms with van der Waals surface area (Å²) >= 11 is 4.24. The standard InChI is InChI=1S/C19H18BrP.C14H21O3P/c1-21(20,17-11-5-2-6-12-17,18-13-7-3-8-14-18)19-15-9-4-10-16-19;1-5-16-13(15)8-10(3)12-7-9(2)6-11(4)14(12)17-18/h2-16H,1H3;6-7,10H,5,8,18H2,1-4H3. The van der Waals surface area contributed by atoms with E-state index in [4.69, 9.17) is 9.26 Å². The van der Waals surface area contributed by atoms with E-state index in [1.54, 1.807) is 0 Å². The fourth-order valence-corrected chi connectivity index (χ4v) is 10.9. The van der Waals surface area contributed by atoms with E-state index in [1.165, 1.54) is 21.5 Å². The summed E-state index contributed by atoms with van der Waals surface area (Å²) in [6.45, 7) is 10.7. The third-order valence-electron chi connectivity index (χ3n) is 6.99. The first kappa shape index (κ1) is 31.0. The second-order valence-corrected chi connectivity index (χ2v) is 19.9. The fourth-order valence-electron chi connectivity index (χ4n) is 4.89. The Morgan fingerprint density at radius 1 is 0.846 bits per heavy atom. The summed E-state index contributed by atoms with van der Waals surface area (Å²) in [7, 11) is 2.27. The molecule has 6 heteroatoms. The minimum atomic E-state index is -2.56. The molecule has 2 unspecified atom stereocenters.